The Hall–Kier alpha value is 0.140. The first-order chi connectivity index (χ1) is 5.86. The van der Waals surface area contributed by atoms with Crippen LogP contribution in [0.15, 0.2) is 11.6 Å². The van der Waals surface area contributed by atoms with Gasteiger partial charge in [-0.1, -0.05) is 22.0 Å². The number of hydrogen-bond acceptors (Lipinski definition) is 2. The van der Waals surface area contributed by atoms with Crippen LogP contribution in [-0.2, 0) is 4.84 Å². The molecule has 0 aromatic carbocycles. The molecule has 0 atom stereocenters. The molecular weight excluding hydrogens is 230 g/mol. The lowest BCUT2D eigenvalue weighted by molar-refractivity contribution is -0.213. The first kappa shape index (κ1) is 11.2. The predicted molar refractivity (Wildman–Crippen MR) is 58.9 cm³/mol. The molecule has 1 aliphatic rings. The van der Waals surface area contributed by atoms with Crippen molar-refractivity contribution >= 4 is 15.9 Å². The van der Waals surface area contributed by atoms with Crippen molar-refractivity contribution in [1.82, 2.24) is 5.06 Å². The molecule has 76 valence electrons. The van der Waals surface area contributed by atoms with Gasteiger partial charge in [-0.2, -0.15) is 5.06 Å². The summed E-state index contributed by atoms with van der Waals surface area (Å²) in [6, 6.07) is 0. The van der Waals surface area contributed by atoms with Crippen LogP contribution >= 0.6 is 15.9 Å². The molecule has 1 rings (SSSR count). The summed E-state index contributed by atoms with van der Waals surface area (Å²) in [6.07, 6.45) is 2.27. The Balaban J connectivity index is 3.04. The maximum atomic E-state index is 5.43. The molecule has 0 aromatic rings. The third-order valence-corrected chi connectivity index (χ3v) is 3.28. The van der Waals surface area contributed by atoms with Crippen LogP contribution < -0.4 is 0 Å². The van der Waals surface area contributed by atoms with Crippen LogP contribution in [0.2, 0.25) is 0 Å². The summed E-state index contributed by atoms with van der Waals surface area (Å²) in [5, 5.41) is 2.94. The van der Waals surface area contributed by atoms with Crippen molar-refractivity contribution in [2.45, 2.75) is 38.8 Å². The average Bonchev–Trinajstić information content (AvgIpc) is 2.16. The Bertz CT molecular complexity index is 233. The van der Waals surface area contributed by atoms with Gasteiger partial charge in [-0.3, -0.25) is 0 Å². The van der Waals surface area contributed by atoms with Crippen LogP contribution in [0.25, 0.3) is 0 Å². The minimum atomic E-state index is -0.0125. The van der Waals surface area contributed by atoms with E-state index >= 15 is 0 Å². The summed E-state index contributed by atoms with van der Waals surface area (Å²) < 4.78 is 0. The van der Waals surface area contributed by atoms with Crippen LogP contribution in [0.4, 0.5) is 0 Å². The van der Waals surface area contributed by atoms with Crippen molar-refractivity contribution < 1.29 is 4.84 Å². The Labute approximate surface area is 89.0 Å². The van der Waals surface area contributed by atoms with Crippen LogP contribution in [0, 0.1) is 0 Å². The second kappa shape index (κ2) is 3.37. The van der Waals surface area contributed by atoms with E-state index in [1.165, 1.54) is 5.57 Å². The van der Waals surface area contributed by atoms with Gasteiger partial charge >= 0.3 is 0 Å². The number of rotatable bonds is 2. The average molecular weight is 248 g/mol. The Morgan fingerprint density at radius 3 is 2.15 bits per heavy atom. The molecule has 0 N–H and O–H groups in total. The maximum absolute atomic E-state index is 5.43. The van der Waals surface area contributed by atoms with Crippen LogP contribution in [0.5, 0.6) is 0 Å². The largest absolute Gasteiger partial charge is 0.301 e. The molecule has 0 spiro atoms. The molecule has 1 heterocycles. The van der Waals surface area contributed by atoms with Gasteiger partial charge in [0.25, 0.3) is 0 Å². The van der Waals surface area contributed by atoms with E-state index in [4.69, 9.17) is 4.84 Å². The van der Waals surface area contributed by atoms with Crippen LogP contribution in [-0.4, -0.2) is 28.6 Å². The third kappa shape index (κ3) is 1.69. The zero-order chi connectivity index (χ0) is 10.3. The van der Waals surface area contributed by atoms with Crippen molar-refractivity contribution in [2.75, 3.05) is 12.4 Å². The minimum Gasteiger partial charge on any atom is -0.301 e. The summed E-state index contributed by atoms with van der Waals surface area (Å²) in [5.41, 5.74) is 1.35. The van der Waals surface area contributed by atoms with Gasteiger partial charge in [0.15, 0.2) is 0 Å². The highest BCUT2D eigenvalue weighted by molar-refractivity contribution is 9.09. The normalized spacial score (nSPS) is 26.2. The second-order valence-electron chi connectivity index (χ2n) is 4.49. The van der Waals surface area contributed by atoms with E-state index in [9.17, 15) is 0 Å². The Morgan fingerprint density at radius 2 is 1.92 bits per heavy atom. The Kier molecular flexibility index (Phi) is 2.91. The smallest absolute Gasteiger partial charge is 0.0633 e. The zero-order valence-corrected chi connectivity index (χ0v) is 10.6. The second-order valence-corrected chi connectivity index (χ2v) is 5.05. The van der Waals surface area contributed by atoms with E-state index in [1.54, 1.807) is 7.11 Å². The number of hydroxylamine groups is 2. The van der Waals surface area contributed by atoms with Crippen molar-refractivity contribution in [3.63, 3.8) is 0 Å². The first-order valence-corrected chi connectivity index (χ1v) is 5.61. The maximum Gasteiger partial charge on any atom is 0.0633 e. The first-order valence-electron chi connectivity index (χ1n) is 4.49. The minimum absolute atomic E-state index is 0.0122. The van der Waals surface area contributed by atoms with E-state index in [-0.39, 0.29) is 11.1 Å². The van der Waals surface area contributed by atoms with E-state index in [0.717, 1.165) is 5.33 Å². The van der Waals surface area contributed by atoms with Gasteiger partial charge in [0.05, 0.1) is 18.2 Å². The number of halogens is 1. The van der Waals surface area contributed by atoms with Crippen molar-refractivity contribution in [3.05, 3.63) is 11.6 Å². The molecular formula is C10H18BrNO. The van der Waals surface area contributed by atoms with Crippen molar-refractivity contribution in [3.8, 4) is 0 Å². The topological polar surface area (TPSA) is 12.5 Å². The summed E-state index contributed by atoms with van der Waals surface area (Å²) in [6.45, 7) is 8.68. The van der Waals surface area contributed by atoms with Gasteiger partial charge < -0.3 is 4.84 Å². The van der Waals surface area contributed by atoms with Gasteiger partial charge in [-0.15, -0.1) is 0 Å². The molecule has 0 unspecified atom stereocenters. The molecule has 0 saturated carbocycles. The van der Waals surface area contributed by atoms with E-state index in [0.29, 0.717) is 0 Å². The molecule has 0 aromatic heterocycles. The number of nitrogens with zero attached hydrogens (tertiary/aromatic N) is 1. The molecule has 2 nitrogen and oxygen atoms in total. The number of hydrogen-bond donors (Lipinski definition) is 0. The van der Waals surface area contributed by atoms with Crippen LogP contribution in [0.3, 0.4) is 0 Å². The fraction of sp³-hybridized carbons (Fsp3) is 0.800. The lowest BCUT2D eigenvalue weighted by atomic mass is 9.99. The zero-order valence-electron chi connectivity index (χ0n) is 9.02. The fourth-order valence-corrected chi connectivity index (χ4v) is 3.03. The fourth-order valence-electron chi connectivity index (χ4n) is 2.18. The van der Waals surface area contributed by atoms with Crippen molar-refractivity contribution in [1.29, 1.82) is 0 Å². The summed E-state index contributed by atoms with van der Waals surface area (Å²) in [7, 11) is 1.73. The lowest BCUT2D eigenvalue weighted by Crippen LogP contribution is -2.49. The molecule has 0 radical (unpaired) electrons. The van der Waals surface area contributed by atoms with Gasteiger partial charge in [0, 0.05) is 5.33 Å². The molecule has 0 fully saturated rings. The Morgan fingerprint density at radius 1 is 1.38 bits per heavy atom. The van der Waals surface area contributed by atoms with E-state index in [2.05, 4.69) is 49.7 Å². The highest BCUT2D eigenvalue weighted by Gasteiger charge is 2.45. The standard InChI is InChI=1S/C10H18BrNO/c1-9(2)6-8(7-11)10(3,4)12(9)13-5/h6H,7H2,1-5H3. The summed E-state index contributed by atoms with van der Waals surface area (Å²) in [5.74, 6) is 0. The molecule has 13 heavy (non-hydrogen) atoms. The highest BCUT2D eigenvalue weighted by atomic mass is 79.9. The summed E-state index contributed by atoms with van der Waals surface area (Å²) in [4.78, 5) is 5.43. The monoisotopic (exact) mass is 247 g/mol. The quantitative estimate of drug-likeness (QED) is 0.550. The van der Waals surface area contributed by atoms with Crippen molar-refractivity contribution in [2.24, 2.45) is 0 Å². The van der Waals surface area contributed by atoms with Gasteiger partial charge in [0.2, 0.25) is 0 Å². The van der Waals surface area contributed by atoms with E-state index < -0.39 is 0 Å². The molecule has 0 saturated heterocycles. The lowest BCUT2D eigenvalue weighted by Gasteiger charge is -2.39. The molecule has 0 bridgehead atoms. The van der Waals surface area contributed by atoms with E-state index in [1.807, 2.05) is 5.06 Å². The molecule has 0 aliphatic carbocycles. The number of alkyl halides is 1. The SMILES string of the molecule is CON1C(C)(C)C=C(CBr)C1(C)C. The molecule has 1 aliphatic heterocycles. The van der Waals surface area contributed by atoms with Gasteiger partial charge in [-0.25, -0.2) is 0 Å². The molecule has 0 amide bonds. The highest BCUT2D eigenvalue weighted by Crippen LogP contribution is 2.40. The molecule has 3 heteroatoms. The van der Waals surface area contributed by atoms with Gasteiger partial charge in [-0.05, 0) is 33.3 Å². The van der Waals surface area contributed by atoms with Gasteiger partial charge in [0.1, 0.15) is 0 Å². The predicted octanol–water partition coefficient (Wildman–Crippen LogP) is 2.74. The van der Waals surface area contributed by atoms with Crippen LogP contribution in [0.1, 0.15) is 27.7 Å². The summed E-state index contributed by atoms with van der Waals surface area (Å²) >= 11 is 3.51. The third-order valence-electron chi connectivity index (χ3n) is 2.67.